The number of nitrogens with one attached hydrogen (secondary N) is 2. The standard InChI is InChI=1S/C16H20ClN5O.ClH/c1-10(18-2)9-19-16(23)14-20-15(11-7-8-11)22(21-14)13-6-4-3-5-12(13)17;/h3-6,10-11,18H,7-9H2,1-2H3,(H,19,23);1H. The number of hydrogen-bond donors (Lipinski definition) is 2. The van der Waals surface area contributed by atoms with Crippen molar-refractivity contribution in [2.24, 2.45) is 0 Å². The van der Waals surface area contributed by atoms with Crippen LogP contribution in [0.15, 0.2) is 24.3 Å². The molecule has 8 heteroatoms. The fourth-order valence-electron chi connectivity index (χ4n) is 2.25. The van der Waals surface area contributed by atoms with E-state index < -0.39 is 0 Å². The SMILES string of the molecule is CNC(C)CNC(=O)c1nc(C2CC2)n(-c2ccccc2Cl)n1.Cl. The number of rotatable bonds is 6. The van der Waals surface area contributed by atoms with Crippen molar-refractivity contribution >= 4 is 29.9 Å². The summed E-state index contributed by atoms with van der Waals surface area (Å²) in [6, 6.07) is 7.64. The van der Waals surface area contributed by atoms with E-state index in [9.17, 15) is 4.79 Å². The van der Waals surface area contributed by atoms with Gasteiger partial charge in [-0.25, -0.2) is 9.67 Å². The molecule has 0 radical (unpaired) electrons. The largest absolute Gasteiger partial charge is 0.348 e. The third-order valence-electron chi connectivity index (χ3n) is 3.92. The number of carbonyl (C=O) groups excluding carboxylic acids is 1. The topological polar surface area (TPSA) is 71.8 Å². The Hall–Kier alpha value is -1.63. The third kappa shape index (κ3) is 4.06. The highest BCUT2D eigenvalue weighted by Gasteiger charge is 2.32. The molecule has 0 bridgehead atoms. The van der Waals surface area contributed by atoms with Crippen LogP contribution in [-0.4, -0.2) is 40.3 Å². The second-order valence-electron chi connectivity index (χ2n) is 5.83. The Morgan fingerprint density at radius 3 is 2.75 bits per heavy atom. The average molecular weight is 370 g/mol. The van der Waals surface area contributed by atoms with Crippen molar-refractivity contribution in [3.8, 4) is 5.69 Å². The number of hydrogen-bond acceptors (Lipinski definition) is 4. The molecule has 1 aromatic carbocycles. The van der Waals surface area contributed by atoms with Gasteiger partial charge in [-0.3, -0.25) is 4.79 Å². The minimum absolute atomic E-state index is 0. The highest BCUT2D eigenvalue weighted by atomic mass is 35.5. The maximum absolute atomic E-state index is 12.3. The summed E-state index contributed by atoms with van der Waals surface area (Å²) in [6.45, 7) is 2.51. The first kappa shape index (κ1) is 18.7. The van der Waals surface area contributed by atoms with Crippen molar-refractivity contribution in [3.05, 3.63) is 40.9 Å². The number of benzene rings is 1. The van der Waals surface area contributed by atoms with Gasteiger partial charge in [0.05, 0.1) is 10.7 Å². The molecule has 1 amide bonds. The van der Waals surface area contributed by atoms with Crippen molar-refractivity contribution < 1.29 is 4.79 Å². The molecule has 0 aliphatic heterocycles. The van der Waals surface area contributed by atoms with E-state index in [-0.39, 0.29) is 30.2 Å². The molecule has 0 saturated heterocycles. The van der Waals surface area contributed by atoms with Gasteiger partial charge >= 0.3 is 0 Å². The summed E-state index contributed by atoms with van der Waals surface area (Å²) < 4.78 is 1.70. The predicted molar refractivity (Wildman–Crippen MR) is 96.4 cm³/mol. The van der Waals surface area contributed by atoms with Crippen molar-refractivity contribution in [1.82, 2.24) is 25.4 Å². The molecular weight excluding hydrogens is 349 g/mol. The van der Waals surface area contributed by atoms with Crippen molar-refractivity contribution in [3.63, 3.8) is 0 Å². The summed E-state index contributed by atoms with van der Waals surface area (Å²) in [5.74, 6) is 1.09. The Kier molecular flexibility index (Phi) is 6.21. The molecule has 1 heterocycles. The number of aromatic nitrogens is 3. The molecule has 2 N–H and O–H groups in total. The molecule has 24 heavy (non-hydrogen) atoms. The number of nitrogens with zero attached hydrogens (tertiary/aromatic N) is 3. The molecule has 1 fully saturated rings. The molecule has 1 saturated carbocycles. The van der Waals surface area contributed by atoms with Gasteiger partial charge in [0, 0.05) is 18.5 Å². The first-order chi connectivity index (χ1) is 11.1. The van der Waals surface area contributed by atoms with E-state index >= 15 is 0 Å². The van der Waals surface area contributed by atoms with Crippen molar-refractivity contribution in [2.45, 2.75) is 31.7 Å². The molecular formula is C16H21Cl2N5O. The molecule has 1 atom stereocenters. The van der Waals surface area contributed by atoms with Crippen molar-refractivity contribution in [2.75, 3.05) is 13.6 Å². The van der Waals surface area contributed by atoms with E-state index in [2.05, 4.69) is 20.7 Å². The van der Waals surface area contributed by atoms with Crippen LogP contribution in [-0.2, 0) is 0 Å². The summed E-state index contributed by atoms with van der Waals surface area (Å²) in [7, 11) is 1.85. The molecule has 6 nitrogen and oxygen atoms in total. The zero-order valence-corrected chi connectivity index (χ0v) is 15.2. The first-order valence-electron chi connectivity index (χ1n) is 7.77. The molecule has 1 aliphatic carbocycles. The second kappa shape index (κ2) is 7.96. The lowest BCUT2D eigenvalue weighted by Gasteiger charge is -2.09. The molecule has 130 valence electrons. The van der Waals surface area contributed by atoms with Crippen LogP contribution in [0, 0.1) is 0 Å². The average Bonchev–Trinajstić information content (AvgIpc) is 3.31. The van der Waals surface area contributed by atoms with Gasteiger partial charge in [0.2, 0.25) is 5.82 Å². The van der Waals surface area contributed by atoms with Gasteiger partial charge in [-0.05, 0) is 38.9 Å². The second-order valence-corrected chi connectivity index (χ2v) is 6.24. The summed E-state index contributed by atoms with van der Waals surface area (Å²) in [5, 5.41) is 10.9. The number of likely N-dealkylation sites (N-methyl/N-ethyl adjacent to an activating group) is 1. The maximum Gasteiger partial charge on any atom is 0.291 e. The number of amides is 1. The van der Waals surface area contributed by atoms with Crippen LogP contribution in [0.5, 0.6) is 0 Å². The first-order valence-corrected chi connectivity index (χ1v) is 8.15. The smallest absolute Gasteiger partial charge is 0.291 e. The third-order valence-corrected chi connectivity index (χ3v) is 4.24. The van der Waals surface area contributed by atoms with Crippen LogP contribution in [0.4, 0.5) is 0 Å². The zero-order chi connectivity index (χ0) is 16.4. The van der Waals surface area contributed by atoms with E-state index in [4.69, 9.17) is 11.6 Å². The minimum atomic E-state index is -0.264. The summed E-state index contributed by atoms with van der Waals surface area (Å²) in [6.07, 6.45) is 2.14. The Morgan fingerprint density at radius 1 is 1.42 bits per heavy atom. The molecule has 3 rings (SSSR count). The monoisotopic (exact) mass is 369 g/mol. The molecule has 1 aliphatic rings. The summed E-state index contributed by atoms with van der Waals surface area (Å²) >= 11 is 6.27. The number of para-hydroxylation sites is 1. The van der Waals surface area contributed by atoms with E-state index in [1.807, 2.05) is 38.2 Å². The van der Waals surface area contributed by atoms with Crippen LogP contribution in [0.1, 0.15) is 42.1 Å². The number of halogens is 2. The normalized spacial score (nSPS) is 14.8. The minimum Gasteiger partial charge on any atom is -0.348 e. The van der Waals surface area contributed by atoms with Crippen LogP contribution >= 0.6 is 24.0 Å². The highest BCUT2D eigenvalue weighted by molar-refractivity contribution is 6.32. The quantitative estimate of drug-likeness (QED) is 0.820. The van der Waals surface area contributed by atoms with Crippen LogP contribution in [0.3, 0.4) is 0 Å². The Morgan fingerprint density at radius 2 is 2.12 bits per heavy atom. The molecule has 1 unspecified atom stereocenters. The molecule has 0 spiro atoms. The van der Waals surface area contributed by atoms with Crippen LogP contribution < -0.4 is 10.6 Å². The fraction of sp³-hybridized carbons (Fsp3) is 0.438. The maximum atomic E-state index is 12.3. The highest BCUT2D eigenvalue weighted by Crippen LogP contribution is 2.40. The molecule has 1 aromatic heterocycles. The zero-order valence-electron chi connectivity index (χ0n) is 13.6. The lowest BCUT2D eigenvalue weighted by Crippen LogP contribution is -2.37. The molecule has 2 aromatic rings. The van der Waals surface area contributed by atoms with Gasteiger partial charge in [-0.2, -0.15) is 0 Å². The van der Waals surface area contributed by atoms with Gasteiger partial charge in [-0.1, -0.05) is 23.7 Å². The van der Waals surface area contributed by atoms with Crippen LogP contribution in [0.2, 0.25) is 5.02 Å². The van der Waals surface area contributed by atoms with Gasteiger partial charge < -0.3 is 10.6 Å². The van der Waals surface area contributed by atoms with Crippen LogP contribution in [0.25, 0.3) is 5.69 Å². The van der Waals surface area contributed by atoms with E-state index in [1.54, 1.807) is 4.68 Å². The lowest BCUT2D eigenvalue weighted by molar-refractivity contribution is 0.0940. The fourth-order valence-corrected chi connectivity index (χ4v) is 2.47. The predicted octanol–water partition coefficient (Wildman–Crippen LogP) is 2.56. The summed E-state index contributed by atoms with van der Waals surface area (Å²) in [4.78, 5) is 16.7. The van der Waals surface area contributed by atoms with Gasteiger partial charge in [0.1, 0.15) is 5.82 Å². The summed E-state index contributed by atoms with van der Waals surface area (Å²) in [5.41, 5.74) is 0.756. The Balaban J connectivity index is 0.00000208. The van der Waals surface area contributed by atoms with Gasteiger partial charge in [0.15, 0.2) is 0 Å². The van der Waals surface area contributed by atoms with E-state index in [1.165, 1.54) is 0 Å². The Bertz CT molecular complexity index is 714. The van der Waals surface area contributed by atoms with Crippen molar-refractivity contribution in [1.29, 1.82) is 0 Å². The number of carbonyl (C=O) groups is 1. The Labute approximate surface area is 152 Å². The van der Waals surface area contributed by atoms with E-state index in [0.717, 1.165) is 24.4 Å². The lowest BCUT2D eigenvalue weighted by atomic mass is 10.3. The van der Waals surface area contributed by atoms with Gasteiger partial charge in [0.25, 0.3) is 5.91 Å². The van der Waals surface area contributed by atoms with Gasteiger partial charge in [-0.15, -0.1) is 17.5 Å². The van der Waals surface area contributed by atoms with E-state index in [0.29, 0.717) is 17.5 Å².